The zero-order chi connectivity index (χ0) is 28.6. The number of hydrogen-bond donors (Lipinski definition) is 2. The van der Waals surface area contributed by atoms with Crippen molar-refractivity contribution in [3.8, 4) is 0 Å². The smallest absolute Gasteiger partial charge is 0.257 e. The van der Waals surface area contributed by atoms with Crippen molar-refractivity contribution >= 4 is 57.9 Å². The summed E-state index contributed by atoms with van der Waals surface area (Å²) < 4.78 is 27.8. The molecule has 1 aliphatic carbocycles. The van der Waals surface area contributed by atoms with Crippen molar-refractivity contribution in [2.24, 2.45) is 5.10 Å². The fraction of sp³-hybridized carbons (Fsp3) is 0.308. The molecule has 2 N–H and O–H groups in total. The quantitative estimate of drug-likeness (QED) is 0.459. The minimum Gasteiger partial charge on any atom is -0.740 e. The molecule has 3 heterocycles. The average molecular weight is 604 g/mol. The van der Waals surface area contributed by atoms with Gasteiger partial charge in [-0.15, -0.1) is 0 Å². The number of hydrogen-bond acceptors (Lipinski definition) is 9. The highest BCUT2D eigenvalue weighted by molar-refractivity contribution is 7.74. The molecule has 2 atom stereocenters. The summed E-state index contributed by atoms with van der Waals surface area (Å²) in [6.45, 7) is 2.08. The van der Waals surface area contributed by atoms with Crippen LogP contribution in [0.15, 0.2) is 59.2 Å². The highest BCUT2D eigenvalue weighted by Gasteiger charge is 2.35. The third-order valence-corrected chi connectivity index (χ3v) is 7.71. The van der Waals surface area contributed by atoms with Crippen molar-refractivity contribution < 1.29 is 22.5 Å². The molecule has 0 bridgehead atoms. The van der Waals surface area contributed by atoms with E-state index < -0.39 is 17.3 Å². The van der Waals surface area contributed by atoms with Crippen molar-refractivity contribution in [1.82, 2.24) is 20.2 Å². The lowest BCUT2D eigenvalue weighted by molar-refractivity contribution is -0.113. The Balaban J connectivity index is 1.45. The molecular formula is C26H25Cl2N6O5S-. The molecule has 1 aromatic heterocycles. The van der Waals surface area contributed by atoms with E-state index in [1.807, 2.05) is 0 Å². The summed E-state index contributed by atoms with van der Waals surface area (Å²) >= 11 is 9.72. The molecule has 5 rings (SSSR count). The first-order valence-corrected chi connectivity index (χ1v) is 14.1. The summed E-state index contributed by atoms with van der Waals surface area (Å²) in [6.07, 6.45) is 6.39. The molecule has 11 nitrogen and oxygen atoms in total. The maximum absolute atomic E-state index is 13.7. The van der Waals surface area contributed by atoms with Crippen LogP contribution in [0.5, 0.6) is 0 Å². The average Bonchev–Trinajstić information content (AvgIpc) is 3.66. The van der Waals surface area contributed by atoms with Gasteiger partial charge in [0.25, 0.3) is 11.8 Å². The number of aromatic nitrogens is 1. The van der Waals surface area contributed by atoms with Crippen LogP contribution >= 0.6 is 23.2 Å². The molecule has 210 valence electrons. The summed E-state index contributed by atoms with van der Waals surface area (Å²) in [5.74, 6) is -0.868. The van der Waals surface area contributed by atoms with Crippen LogP contribution in [-0.2, 0) is 20.3 Å². The van der Waals surface area contributed by atoms with Crippen molar-refractivity contribution in [3.63, 3.8) is 0 Å². The van der Waals surface area contributed by atoms with E-state index in [0.29, 0.717) is 33.7 Å². The molecule has 14 heteroatoms. The molecule has 2 amide bonds. The van der Waals surface area contributed by atoms with E-state index in [-0.39, 0.29) is 47.0 Å². The van der Waals surface area contributed by atoms with Crippen LogP contribution in [0.4, 0.5) is 5.69 Å². The van der Waals surface area contributed by atoms with Crippen LogP contribution in [-0.4, -0.2) is 67.4 Å². The number of amides is 2. The first kappa shape index (κ1) is 28.1. The Bertz CT molecular complexity index is 1490. The Labute approximate surface area is 243 Å². The summed E-state index contributed by atoms with van der Waals surface area (Å²) in [6, 6.07) is 6.75. The molecule has 40 heavy (non-hydrogen) atoms. The number of carbonyl (C=O) groups is 2. The van der Waals surface area contributed by atoms with Crippen molar-refractivity contribution in [3.05, 3.63) is 80.9 Å². The van der Waals surface area contributed by atoms with Gasteiger partial charge in [-0.3, -0.25) is 14.6 Å². The molecule has 0 saturated heterocycles. The third kappa shape index (κ3) is 5.85. The Kier molecular flexibility index (Phi) is 8.13. The van der Waals surface area contributed by atoms with E-state index in [9.17, 15) is 18.4 Å². The zero-order valence-electron chi connectivity index (χ0n) is 21.5. The van der Waals surface area contributed by atoms with E-state index in [0.717, 1.165) is 12.8 Å². The van der Waals surface area contributed by atoms with Crippen LogP contribution in [0, 0.1) is 6.92 Å². The molecular weight excluding hydrogens is 579 g/mol. The van der Waals surface area contributed by atoms with Crippen LogP contribution in [0.2, 0.25) is 10.0 Å². The molecule has 2 aliphatic heterocycles. The Hall–Kier alpha value is -3.45. The maximum Gasteiger partial charge on any atom is 0.257 e. The van der Waals surface area contributed by atoms with Gasteiger partial charge in [-0.2, -0.15) is 5.10 Å². The fourth-order valence-corrected chi connectivity index (χ4v) is 5.49. The lowest BCUT2D eigenvalue weighted by Gasteiger charge is -2.29. The van der Waals surface area contributed by atoms with Crippen LogP contribution in [0.1, 0.15) is 40.4 Å². The van der Waals surface area contributed by atoms with E-state index in [2.05, 4.69) is 20.8 Å². The van der Waals surface area contributed by atoms with Crippen molar-refractivity contribution in [2.75, 3.05) is 25.5 Å². The van der Waals surface area contributed by atoms with Gasteiger partial charge in [-0.1, -0.05) is 23.2 Å². The van der Waals surface area contributed by atoms with Crippen molar-refractivity contribution in [2.45, 2.75) is 31.7 Å². The van der Waals surface area contributed by atoms with Crippen LogP contribution < -0.4 is 10.7 Å². The lowest BCUT2D eigenvalue weighted by atomic mass is 10.0. The van der Waals surface area contributed by atoms with Gasteiger partial charge < -0.3 is 29.3 Å². The fourth-order valence-electron chi connectivity index (χ4n) is 4.66. The lowest BCUT2D eigenvalue weighted by Crippen LogP contribution is -2.37. The SMILES string of the molecule is Cc1cc(Cl)cc(C(=O)N(C)C2CC2)c1NC(=O)C1=C(OS(=O)[O-])C=CN(C2=NNCC2c2ncccc2Cl)C1. The van der Waals surface area contributed by atoms with Gasteiger partial charge >= 0.3 is 0 Å². The number of pyridine rings is 1. The maximum atomic E-state index is 13.7. The number of halogens is 2. The highest BCUT2D eigenvalue weighted by Crippen LogP contribution is 2.33. The molecule has 0 spiro atoms. The molecule has 1 fully saturated rings. The molecule has 0 radical (unpaired) electrons. The van der Waals surface area contributed by atoms with Crippen molar-refractivity contribution in [1.29, 1.82) is 0 Å². The second-order valence-electron chi connectivity index (χ2n) is 9.58. The third-order valence-electron chi connectivity index (χ3n) is 6.86. The Morgan fingerprint density at radius 2 is 2.08 bits per heavy atom. The van der Waals surface area contributed by atoms with Gasteiger partial charge in [0.2, 0.25) is 0 Å². The largest absolute Gasteiger partial charge is 0.740 e. The summed E-state index contributed by atoms with van der Waals surface area (Å²) in [5, 5.41) is 8.01. The van der Waals surface area contributed by atoms with E-state index >= 15 is 0 Å². The number of nitrogens with zero attached hydrogens (tertiary/aromatic N) is 4. The number of anilines is 1. The standard InChI is InChI=1S/C26H26Cl2N6O5S/c1-14-10-15(27)11-17(26(36)33(2)16-5-6-16)22(14)31-25(35)19-13-34(9-7-21(19)39-40(37)38)24-18(12-30-32-24)23-20(28)4-3-8-29-23/h3-4,7-11,16,18,30H,5-6,12-13H2,1-2H3,(H,31,35)(H,37,38)/p-1. The predicted molar refractivity (Wildman–Crippen MR) is 150 cm³/mol. The number of rotatable bonds is 7. The van der Waals surface area contributed by atoms with E-state index in [1.165, 1.54) is 12.1 Å². The summed E-state index contributed by atoms with van der Waals surface area (Å²) in [7, 11) is 1.71. The Morgan fingerprint density at radius 1 is 1.30 bits per heavy atom. The monoisotopic (exact) mass is 603 g/mol. The predicted octanol–water partition coefficient (Wildman–Crippen LogP) is 3.46. The van der Waals surface area contributed by atoms with Crippen LogP contribution in [0.25, 0.3) is 0 Å². The number of benzene rings is 1. The summed E-state index contributed by atoms with van der Waals surface area (Å²) in [4.78, 5) is 34.7. The second-order valence-corrected chi connectivity index (χ2v) is 11.0. The number of amidine groups is 1. The van der Waals surface area contributed by atoms with E-state index in [1.54, 1.807) is 54.4 Å². The van der Waals surface area contributed by atoms with Gasteiger partial charge in [-0.05, 0) is 55.7 Å². The Morgan fingerprint density at radius 3 is 2.77 bits per heavy atom. The number of nitrogens with one attached hydrogen (secondary N) is 2. The number of carbonyl (C=O) groups excluding carboxylic acids is 2. The number of allylic oxidation sites excluding steroid dienone is 1. The van der Waals surface area contributed by atoms with Gasteiger partial charge in [-0.25, -0.2) is 4.21 Å². The molecule has 1 aromatic carbocycles. The number of aryl methyl sites for hydroxylation is 1. The molecule has 2 aromatic rings. The topological polar surface area (TPSA) is 139 Å². The summed E-state index contributed by atoms with van der Waals surface area (Å²) in [5.41, 5.74) is 4.65. The van der Waals surface area contributed by atoms with E-state index in [4.69, 9.17) is 27.4 Å². The molecule has 3 aliphatic rings. The van der Waals surface area contributed by atoms with Gasteiger partial charge in [0.15, 0.2) is 5.76 Å². The minimum absolute atomic E-state index is 0.00969. The zero-order valence-corrected chi connectivity index (χ0v) is 23.8. The first-order valence-electron chi connectivity index (χ1n) is 12.4. The van der Waals surface area contributed by atoms with Crippen LogP contribution in [0.3, 0.4) is 0 Å². The van der Waals surface area contributed by atoms with Gasteiger partial charge in [0, 0.05) is 37.1 Å². The first-order chi connectivity index (χ1) is 19.1. The number of hydrazone groups is 1. The highest BCUT2D eigenvalue weighted by atomic mass is 35.5. The minimum atomic E-state index is -2.93. The second kappa shape index (κ2) is 11.6. The normalized spacial score (nSPS) is 19.2. The molecule has 1 saturated carbocycles. The van der Waals surface area contributed by atoms with Gasteiger partial charge in [0.05, 0.1) is 40.0 Å². The van der Waals surface area contributed by atoms with Gasteiger partial charge in [0.1, 0.15) is 17.2 Å². The molecule has 2 unspecified atom stereocenters.